The van der Waals surface area contributed by atoms with Crippen LogP contribution in [0.15, 0.2) is 63.3 Å². The SMILES string of the molecule is Cc1cc(=O)oc2cc(NC(=O)OCC3=Cc4ccccc4OC3)ccc12. The molecule has 1 aliphatic rings. The minimum absolute atomic E-state index is 0.127. The Labute approximate surface area is 155 Å². The van der Waals surface area contributed by atoms with Gasteiger partial charge in [0.2, 0.25) is 0 Å². The first kappa shape index (κ1) is 16.9. The third kappa shape index (κ3) is 3.69. The number of ether oxygens (including phenoxy) is 2. The molecule has 136 valence electrons. The fraction of sp³-hybridized carbons (Fsp3) is 0.143. The van der Waals surface area contributed by atoms with Gasteiger partial charge in [0, 0.05) is 34.3 Å². The van der Waals surface area contributed by atoms with E-state index in [1.807, 2.05) is 37.3 Å². The molecule has 0 fully saturated rings. The van der Waals surface area contributed by atoms with Crippen LogP contribution in [0.4, 0.5) is 10.5 Å². The Bertz CT molecular complexity index is 1110. The van der Waals surface area contributed by atoms with Gasteiger partial charge in [0.1, 0.15) is 24.5 Å². The molecule has 0 radical (unpaired) electrons. The van der Waals surface area contributed by atoms with E-state index in [4.69, 9.17) is 13.9 Å². The molecule has 3 aromatic rings. The molecule has 0 saturated carbocycles. The summed E-state index contributed by atoms with van der Waals surface area (Å²) >= 11 is 0. The summed E-state index contributed by atoms with van der Waals surface area (Å²) in [5.41, 5.74) is 3.12. The van der Waals surface area contributed by atoms with Gasteiger partial charge in [0.25, 0.3) is 0 Å². The smallest absolute Gasteiger partial charge is 0.411 e. The van der Waals surface area contributed by atoms with Gasteiger partial charge in [-0.15, -0.1) is 0 Å². The van der Waals surface area contributed by atoms with E-state index in [-0.39, 0.29) is 6.61 Å². The van der Waals surface area contributed by atoms with E-state index in [1.165, 1.54) is 6.07 Å². The molecule has 1 aromatic heterocycles. The molecule has 0 atom stereocenters. The van der Waals surface area contributed by atoms with Crippen molar-refractivity contribution in [3.63, 3.8) is 0 Å². The molecule has 27 heavy (non-hydrogen) atoms. The van der Waals surface area contributed by atoms with Gasteiger partial charge in [0.05, 0.1) is 0 Å². The molecule has 1 aliphatic heterocycles. The van der Waals surface area contributed by atoms with Crippen LogP contribution in [-0.2, 0) is 4.74 Å². The van der Waals surface area contributed by atoms with Crippen molar-refractivity contribution in [1.82, 2.24) is 0 Å². The fourth-order valence-corrected chi connectivity index (χ4v) is 2.96. The van der Waals surface area contributed by atoms with Crippen molar-refractivity contribution >= 4 is 28.8 Å². The Morgan fingerprint density at radius 1 is 1.19 bits per heavy atom. The first-order chi connectivity index (χ1) is 13.1. The van der Waals surface area contributed by atoms with Crippen molar-refractivity contribution in [2.24, 2.45) is 0 Å². The van der Waals surface area contributed by atoms with Crippen molar-refractivity contribution < 1.29 is 18.7 Å². The topological polar surface area (TPSA) is 77.8 Å². The zero-order valence-electron chi connectivity index (χ0n) is 14.7. The lowest BCUT2D eigenvalue weighted by atomic mass is 10.1. The molecule has 0 unspecified atom stereocenters. The van der Waals surface area contributed by atoms with E-state index < -0.39 is 11.7 Å². The van der Waals surface area contributed by atoms with Gasteiger partial charge in [-0.3, -0.25) is 5.32 Å². The summed E-state index contributed by atoms with van der Waals surface area (Å²) in [6.07, 6.45) is 1.36. The van der Waals surface area contributed by atoms with Gasteiger partial charge >= 0.3 is 11.7 Å². The Kier molecular flexibility index (Phi) is 4.38. The molecular weight excluding hydrogens is 346 g/mol. The lowest BCUT2D eigenvalue weighted by Gasteiger charge is -2.17. The number of carbonyl (C=O) groups excluding carboxylic acids is 1. The molecule has 1 N–H and O–H groups in total. The number of para-hydroxylation sites is 1. The second-order valence-corrected chi connectivity index (χ2v) is 6.29. The molecule has 4 rings (SSSR count). The summed E-state index contributed by atoms with van der Waals surface area (Å²) in [7, 11) is 0. The average molecular weight is 363 g/mol. The van der Waals surface area contributed by atoms with Crippen LogP contribution in [0.25, 0.3) is 17.0 Å². The molecule has 6 nitrogen and oxygen atoms in total. The third-order valence-electron chi connectivity index (χ3n) is 4.28. The number of rotatable bonds is 3. The number of hydrogen-bond donors (Lipinski definition) is 1. The number of carbonyl (C=O) groups is 1. The van der Waals surface area contributed by atoms with Gasteiger partial charge in [-0.25, -0.2) is 9.59 Å². The predicted octanol–water partition coefficient (Wildman–Crippen LogP) is 4.13. The second-order valence-electron chi connectivity index (χ2n) is 6.29. The van der Waals surface area contributed by atoms with Crippen LogP contribution in [0.3, 0.4) is 0 Å². The van der Waals surface area contributed by atoms with Crippen LogP contribution in [0.2, 0.25) is 0 Å². The van der Waals surface area contributed by atoms with Gasteiger partial charge in [0.15, 0.2) is 0 Å². The largest absolute Gasteiger partial charge is 0.488 e. The fourth-order valence-electron chi connectivity index (χ4n) is 2.96. The number of amides is 1. The maximum absolute atomic E-state index is 12.1. The standard InChI is InChI=1S/C21H17NO5/c1-13-8-20(23)27-19-10-16(6-7-17(13)19)22-21(24)26-12-14-9-15-4-2-3-5-18(15)25-11-14/h2-10H,11-12H2,1H3,(H,22,24). The molecule has 0 aliphatic carbocycles. The predicted molar refractivity (Wildman–Crippen MR) is 102 cm³/mol. The number of benzene rings is 2. The van der Waals surface area contributed by atoms with E-state index in [2.05, 4.69) is 5.32 Å². The van der Waals surface area contributed by atoms with Crippen molar-refractivity contribution in [2.75, 3.05) is 18.5 Å². The molecular formula is C21H17NO5. The van der Waals surface area contributed by atoms with E-state index in [1.54, 1.807) is 18.2 Å². The summed E-state index contributed by atoms with van der Waals surface area (Å²) < 4.78 is 16.1. The lowest BCUT2D eigenvalue weighted by molar-refractivity contribution is 0.168. The molecule has 1 amide bonds. The highest BCUT2D eigenvalue weighted by atomic mass is 16.5. The van der Waals surface area contributed by atoms with Crippen LogP contribution < -0.4 is 15.7 Å². The molecule has 6 heteroatoms. The molecule has 0 saturated heterocycles. The van der Waals surface area contributed by atoms with E-state index >= 15 is 0 Å². The average Bonchev–Trinajstić information content (AvgIpc) is 2.66. The highest BCUT2D eigenvalue weighted by Crippen LogP contribution is 2.26. The van der Waals surface area contributed by atoms with Crippen molar-refractivity contribution in [3.05, 3.63) is 75.7 Å². The maximum Gasteiger partial charge on any atom is 0.411 e. The first-order valence-corrected chi connectivity index (χ1v) is 8.48. The van der Waals surface area contributed by atoms with Crippen molar-refractivity contribution in [1.29, 1.82) is 0 Å². The molecule has 0 bridgehead atoms. The third-order valence-corrected chi connectivity index (χ3v) is 4.28. The van der Waals surface area contributed by atoms with E-state index in [0.29, 0.717) is 17.9 Å². The number of aryl methyl sites for hydroxylation is 1. The summed E-state index contributed by atoms with van der Waals surface area (Å²) in [4.78, 5) is 23.6. The summed E-state index contributed by atoms with van der Waals surface area (Å²) in [6, 6.07) is 14.2. The summed E-state index contributed by atoms with van der Waals surface area (Å²) in [6.45, 7) is 2.34. The minimum atomic E-state index is -0.593. The second kappa shape index (κ2) is 6.99. The van der Waals surface area contributed by atoms with Crippen LogP contribution in [0.5, 0.6) is 5.75 Å². The van der Waals surface area contributed by atoms with Crippen molar-refractivity contribution in [3.8, 4) is 5.75 Å². The van der Waals surface area contributed by atoms with E-state index in [0.717, 1.165) is 27.8 Å². The zero-order valence-corrected chi connectivity index (χ0v) is 14.7. The lowest BCUT2D eigenvalue weighted by Crippen LogP contribution is -2.18. The molecule has 2 aromatic carbocycles. The van der Waals surface area contributed by atoms with Gasteiger partial charge in [-0.05, 0) is 36.8 Å². The Hall–Kier alpha value is -3.54. The summed E-state index contributed by atoms with van der Waals surface area (Å²) in [5.74, 6) is 0.818. The van der Waals surface area contributed by atoms with Gasteiger partial charge < -0.3 is 13.9 Å². The van der Waals surface area contributed by atoms with Gasteiger partial charge in [-0.2, -0.15) is 0 Å². The number of fused-ring (bicyclic) bond motifs is 2. The van der Waals surface area contributed by atoms with Crippen LogP contribution in [0, 0.1) is 6.92 Å². The normalized spacial score (nSPS) is 12.7. The number of anilines is 1. The first-order valence-electron chi connectivity index (χ1n) is 8.48. The van der Waals surface area contributed by atoms with Gasteiger partial charge in [-0.1, -0.05) is 18.2 Å². The van der Waals surface area contributed by atoms with Crippen LogP contribution in [0.1, 0.15) is 11.1 Å². The van der Waals surface area contributed by atoms with E-state index in [9.17, 15) is 9.59 Å². The minimum Gasteiger partial charge on any atom is -0.488 e. The highest BCUT2D eigenvalue weighted by molar-refractivity contribution is 5.90. The quantitative estimate of drug-likeness (QED) is 0.708. The Balaban J connectivity index is 1.42. The highest BCUT2D eigenvalue weighted by Gasteiger charge is 2.13. The van der Waals surface area contributed by atoms with Crippen LogP contribution >= 0.6 is 0 Å². The van der Waals surface area contributed by atoms with Crippen molar-refractivity contribution in [2.45, 2.75) is 6.92 Å². The molecule has 2 heterocycles. The Morgan fingerprint density at radius 3 is 2.93 bits per heavy atom. The van der Waals surface area contributed by atoms with Crippen LogP contribution in [-0.4, -0.2) is 19.3 Å². The maximum atomic E-state index is 12.1. The monoisotopic (exact) mass is 363 g/mol. The molecule has 0 spiro atoms. The zero-order chi connectivity index (χ0) is 18.8. The number of hydrogen-bond acceptors (Lipinski definition) is 5. The summed E-state index contributed by atoms with van der Waals surface area (Å²) in [5, 5.41) is 3.46. The number of nitrogens with one attached hydrogen (secondary N) is 1. The Morgan fingerprint density at radius 2 is 2.04 bits per heavy atom.